The summed E-state index contributed by atoms with van der Waals surface area (Å²) >= 11 is 8.10. The van der Waals surface area contributed by atoms with Crippen molar-refractivity contribution in [3.8, 4) is 0 Å². The molecule has 0 bridgehead atoms. The lowest BCUT2D eigenvalue weighted by Crippen LogP contribution is -2.12. The molecule has 102 valence electrons. The Labute approximate surface area is 124 Å². The number of hydrogen-bond acceptors (Lipinski definition) is 3. The predicted molar refractivity (Wildman–Crippen MR) is 86.9 cm³/mol. The van der Waals surface area contributed by atoms with Crippen molar-refractivity contribution in [1.29, 1.82) is 0 Å². The maximum Gasteiger partial charge on any atom is 0.0786 e. The molecule has 0 radical (unpaired) electrons. The first-order valence-electron chi connectivity index (χ1n) is 6.24. The van der Waals surface area contributed by atoms with E-state index in [-0.39, 0.29) is 0 Å². The third kappa shape index (κ3) is 3.23. The van der Waals surface area contributed by atoms with Crippen LogP contribution in [-0.4, -0.2) is 14.1 Å². The molecule has 0 atom stereocenters. The molecule has 0 aliphatic heterocycles. The second-order valence-corrected chi connectivity index (χ2v) is 6.69. The second-order valence-electron chi connectivity index (χ2n) is 4.82. The molecule has 4 heteroatoms. The van der Waals surface area contributed by atoms with Gasteiger partial charge in [-0.15, -0.1) is 11.3 Å². The van der Waals surface area contributed by atoms with Gasteiger partial charge in [0.25, 0.3) is 0 Å². The Morgan fingerprint density at radius 1 is 1.26 bits per heavy atom. The minimum absolute atomic E-state index is 0.772. The molecule has 1 heterocycles. The van der Waals surface area contributed by atoms with Crippen molar-refractivity contribution in [1.82, 2.24) is 0 Å². The number of aryl methyl sites for hydroxylation is 2. The number of hydrogen-bond donors (Lipinski definition) is 1. The highest BCUT2D eigenvalue weighted by Gasteiger charge is 2.09. The number of nitrogens with zero attached hydrogens (tertiary/aromatic N) is 1. The van der Waals surface area contributed by atoms with E-state index in [0.29, 0.717) is 0 Å². The van der Waals surface area contributed by atoms with Gasteiger partial charge in [-0.1, -0.05) is 17.7 Å². The van der Waals surface area contributed by atoms with Gasteiger partial charge >= 0.3 is 0 Å². The fourth-order valence-corrected chi connectivity index (χ4v) is 3.45. The van der Waals surface area contributed by atoms with E-state index in [1.54, 1.807) is 0 Å². The fraction of sp³-hybridized carbons (Fsp3) is 0.333. The number of nitrogens with one attached hydrogen (secondary N) is 1. The molecule has 1 N–H and O–H groups in total. The van der Waals surface area contributed by atoms with Gasteiger partial charge < -0.3 is 10.2 Å². The molecule has 0 aliphatic carbocycles. The third-order valence-corrected chi connectivity index (χ3v) is 4.36. The topological polar surface area (TPSA) is 15.3 Å². The number of halogens is 1. The van der Waals surface area contributed by atoms with Gasteiger partial charge in [0.1, 0.15) is 0 Å². The average molecular weight is 295 g/mol. The van der Waals surface area contributed by atoms with Gasteiger partial charge in [-0.05, 0) is 37.6 Å². The van der Waals surface area contributed by atoms with Crippen LogP contribution in [0, 0.1) is 13.8 Å². The van der Waals surface area contributed by atoms with Gasteiger partial charge in [0.15, 0.2) is 0 Å². The summed E-state index contributed by atoms with van der Waals surface area (Å²) in [6.45, 7) is 5.14. The van der Waals surface area contributed by atoms with Gasteiger partial charge in [-0.3, -0.25) is 0 Å². The first-order valence-corrected chi connectivity index (χ1v) is 7.44. The van der Waals surface area contributed by atoms with E-state index < -0.39 is 0 Å². The maximum absolute atomic E-state index is 6.26. The summed E-state index contributed by atoms with van der Waals surface area (Å²) in [6.07, 6.45) is 0. The van der Waals surface area contributed by atoms with E-state index in [2.05, 4.69) is 31.3 Å². The van der Waals surface area contributed by atoms with Crippen molar-refractivity contribution >= 4 is 34.3 Å². The van der Waals surface area contributed by atoms with Crippen molar-refractivity contribution in [2.24, 2.45) is 0 Å². The lowest BCUT2D eigenvalue weighted by Gasteiger charge is -2.20. The quantitative estimate of drug-likeness (QED) is 0.879. The zero-order chi connectivity index (χ0) is 14.0. The number of anilines is 2. The van der Waals surface area contributed by atoms with Crippen LogP contribution in [0.3, 0.4) is 0 Å². The Balaban J connectivity index is 2.20. The second kappa shape index (κ2) is 5.85. The molecule has 0 unspecified atom stereocenters. The minimum atomic E-state index is 0.772. The zero-order valence-electron chi connectivity index (χ0n) is 11.7. The Morgan fingerprint density at radius 3 is 2.58 bits per heavy atom. The Bertz CT molecular complexity index is 576. The van der Waals surface area contributed by atoms with Gasteiger partial charge in [0.2, 0.25) is 0 Å². The molecule has 19 heavy (non-hydrogen) atoms. The predicted octanol–water partition coefficient (Wildman–Crippen LogP) is 4.70. The Kier molecular flexibility index (Phi) is 4.38. The van der Waals surface area contributed by atoms with E-state index in [9.17, 15) is 0 Å². The lowest BCUT2D eigenvalue weighted by molar-refractivity contribution is 1.10. The number of para-hydroxylation sites is 1. The highest BCUT2D eigenvalue weighted by Crippen LogP contribution is 2.33. The molecular weight excluding hydrogens is 276 g/mol. The lowest BCUT2D eigenvalue weighted by atomic mass is 10.2. The van der Waals surface area contributed by atoms with Crippen LogP contribution in [-0.2, 0) is 6.54 Å². The fourth-order valence-electron chi connectivity index (χ4n) is 2.16. The smallest absolute Gasteiger partial charge is 0.0786 e. The van der Waals surface area contributed by atoms with Crippen molar-refractivity contribution in [3.05, 3.63) is 44.6 Å². The summed E-state index contributed by atoms with van der Waals surface area (Å²) < 4.78 is 0. The molecule has 0 aliphatic rings. The first kappa shape index (κ1) is 14.2. The minimum Gasteiger partial charge on any atom is -0.379 e. The van der Waals surface area contributed by atoms with E-state index in [1.807, 2.05) is 42.5 Å². The van der Waals surface area contributed by atoms with Crippen LogP contribution >= 0.6 is 22.9 Å². The van der Waals surface area contributed by atoms with Crippen LogP contribution in [0.2, 0.25) is 5.02 Å². The van der Waals surface area contributed by atoms with Crippen molar-refractivity contribution in [2.45, 2.75) is 20.4 Å². The highest BCUT2D eigenvalue weighted by atomic mass is 35.5. The first-order chi connectivity index (χ1) is 8.99. The monoisotopic (exact) mass is 294 g/mol. The van der Waals surface area contributed by atoms with E-state index >= 15 is 0 Å². The summed E-state index contributed by atoms with van der Waals surface area (Å²) in [5.74, 6) is 0. The molecule has 1 aromatic carbocycles. The van der Waals surface area contributed by atoms with Gasteiger partial charge in [-0.2, -0.15) is 0 Å². The maximum atomic E-state index is 6.26. The molecule has 0 spiro atoms. The molecule has 0 saturated carbocycles. The molecule has 0 saturated heterocycles. The van der Waals surface area contributed by atoms with Crippen LogP contribution in [0.25, 0.3) is 0 Å². The average Bonchev–Trinajstić information content (AvgIpc) is 2.64. The molecular formula is C15H19ClN2S. The normalized spacial score (nSPS) is 10.6. The van der Waals surface area contributed by atoms with Gasteiger partial charge in [0, 0.05) is 30.4 Å². The number of thiophene rings is 1. The third-order valence-electron chi connectivity index (χ3n) is 3.05. The van der Waals surface area contributed by atoms with Crippen molar-refractivity contribution < 1.29 is 0 Å². The van der Waals surface area contributed by atoms with E-state index in [4.69, 9.17) is 11.6 Å². The van der Waals surface area contributed by atoms with Gasteiger partial charge in [0.05, 0.1) is 16.4 Å². The summed E-state index contributed by atoms with van der Waals surface area (Å²) in [4.78, 5) is 4.77. The van der Waals surface area contributed by atoms with E-state index in [1.165, 1.54) is 15.3 Å². The van der Waals surface area contributed by atoms with Crippen LogP contribution in [0.1, 0.15) is 15.3 Å². The van der Waals surface area contributed by atoms with Crippen LogP contribution in [0.15, 0.2) is 24.3 Å². The summed E-state index contributed by atoms with van der Waals surface area (Å²) in [5.41, 5.74) is 3.46. The molecule has 2 aromatic rings. The summed E-state index contributed by atoms with van der Waals surface area (Å²) in [5, 5.41) is 4.26. The van der Waals surface area contributed by atoms with Crippen LogP contribution in [0.5, 0.6) is 0 Å². The Morgan fingerprint density at radius 2 is 2.00 bits per heavy atom. The molecule has 2 nitrogen and oxygen atoms in total. The molecule has 1 aromatic heterocycles. The molecule has 2 rings (SSSR count). The van der Waals surface area contributed by atoms with Crippen molar-refractivity contribution in [3.63, 3.8) is 0 Å². The standard InChI is InChI=1S/C15H19ClN2S/c1-10-8-12(11(2)19-10)9-17-14-7-5-6-13(16)15(14)18(3)4/h5-8,17H,9H2,1-4H3. The van der Waals surface area contributed by atoms with Crippen LogP contribution < -0.4 is 10.2 Å². The highest BCUT2D eigenvalue weighted by molar-refractivity contribution is 7.12. The molecule has 0 amide bonds. The number of benzene rings is 1. The van der Waals surface area contributed by atoms with Crippen LogP contribution in [0.4, 0.5) is 11.4 Å². The molecule has 0 fully saturated rings. The summed E-state index contributed by atoms with van der Waals surface area (Å²) in [7, 11) is 4.01. The zero-order valence-corrected chi connectivity index (χ0v) is 13.3. The summed E-state index contributed by atoms with van der Waals surface area (Å²) in [6, 6.07) is 8.20. The van der Waals surface area contributed by atoms with Crippen molar-refractivity contribution in [2.75, 3.05) is 24.3 Å². The Hall–Kier alpha value is -1.19. The van der Waals surface area contributed by atoms with E-state index in [0.717, 1.165) is 22.9 Å². The SMILES string of the molecule is Cc1cc(CNc2cccc(Cl)c2N(C)C)c(C)s1. The van der Waals surface area contributed by atoms with Gasteiger partial charge in [-0.25, -0.2) is 0 Å². The number of rotatable bonds is 4. The largest absolute Gasteiger partial charge is 0.379 e.